The minimum atomic E-state index is -5.17. The molecule has 0 radical (unpaired) electrons. The van der Waals surface area contributed by atoms with Crippen LogP contribution in [0.4, 0.5) is 26.3 Å². The third kappa shape index (κ3) is 6.39. The molecule has 0 aliphatic heterocycles. The van der Waals surface area contributed by atoms with E-state index in [2.05, 4.69) is 4.99 Å². The van der Waals surface area contributed by atoms with Crippen LogP contribution in [-0.4, -0.2) is 30.9 Å². The molecule has 0 bridgehead atoms. The fraction of sp³-hybridized carbons (Fsp3) is 0.769. The number of aliphatic imine (C=N–C) groups is 1. The molecule has 2 nitrogen and oxygen atoms in total. The number of rotatable bonds is 3. The molecule has 1 aliphatic carbocycles. The van der Waals surface area contributed by atoms with E-state index in [1.165, 1.54) is 6.92 Å². The van der Waals surface area contributed by atoms with E-state index in [4.69, 9.17) is 4.74 Å². The summed E-state index contributed by atoms with van der Waals surface area (Å²) in [7, 11) is 0. The average Bonchev–Trinajstić information content (AvgIpc) is 2.34. The van der Waals surface area contributed by atoms with Gasteiger partial charge in [-0.15, -0.1) is 0 Å². The Morgan fingerprint density at radius 3 is 2.10 bits per heavy atom. The Hall–Kier alpha value is -1.21. The predicted octanol–water partition coefficient (Wildman–Crippen LogP) is 4.81. The number of nitrogens with zero attached hydrogens (tertiary/aromatic N) is 1. The molecule has 0 atom stereocenters. The lowest BCUT2D eigenvalue weighted by molar-refractivity contribution is -0.104. The van der Waals surface area contributed by atoms with Gasteiger partial charge in [-0.25, -0.2) is 4.99 Å². The Bertz CT molecular complexity index is 390. The first kappa shape index (κ1) is 17.8. The molecule has 0 saturated heterocycles. The van der Waals surface area contributed by atoms with Gasteiger partial charge in [0.15, 0.2) is 0 Å². The quantitative estimate of drug-likeness (QED) is 0.416. The van der Waals surface area contributed by atoms with E-state index in [0.717, 1.165) is 19.3 Å². The van der Waals surface area contributed by atoms with Crippen molar-refractivity contribution in [3.05, 3.63) is 11.6 Å². The molecule has 0 aromatic carbocycles. The maximum Gasteiger partial charge on any atom is 0.421 e. The molecule has 0 amide bonds. The van der Waals surface area contributed by atoms with Crippen molar-refractivity contribution in [2.45, 2.75) is 57.4 Å². The van der Waals surface area contributed by atoms with E-state index < -0.39 is 35.9 Å². The van der Waals surface area contributed by atoms with E-state index >= 15 is 0 Å². The Morgan fingerprint density at radius 1 is 1.10 bits per heavy atom. The predicted molar refractivity (Wildman–Crippen MR) is 66.1 cm³/mol. The zero-order chi connectivity index (χ0) is 16.1. The van der Waals surface area contributed by atoms with Crippen LogP contribution < -0.4 is 0 Å². The van der Waals surface area contributed by atoms with Gasteiger partial charge in [0.1, 0.15) is 5.57 Å². The van der Waals surface area contributed by atoms with Gasteiger partial charge in [0.25, 0.3) is 0 Å². The van der Waals surface area contributed by atoms with E-state index in [9.17, 15) is 26.3 Å². The second kappa shape index (κ2) is 7.17. The summed E-state index contributed by atoms with van der Waals surface area (Å²) in [4.78, 5) is 3.78. The van der Waals surface area contributed by atoms with Crippen molar-refractivity contribution in [1.82, 2.24) is 0 Å². The highest BCUT2D eigenvalue weighted by Crippen LogP contribution is 2.32. The summed E-state index contributed by atoms with van der Waals surface area (Å²) in [5, 5.41) is 0. The second-order valence-corrected chi connectivity index (χ2v) is 4.76. The molecule has 0 aromatic heterocycles. The van der Waals surface area contributed by atoms with Crippen LogP contribution >= 0.6 is 0 Å². The number of alkyl halides is 6. The third-order valence-corrected chi connectivity index (χ3v) is 3.00. The van der Waals surface area contributed by atoms with Gasteiger partial charge < -0.3 is 4.74 Å². The minimum Gasteiger partial charge on any atom is -0.478 e. The molecule has 21 heavy (non-hydrogen) atoms. The SMILES string of the molecule is CCOC(=NC1CCCCC1)/C(=C/C(F)(F)F)C(F)(F)F. The number of hydrogen-bond donors (Lipinski definition) is 0. The zero-order valence-corrected chi connectivity index (χ0v) is 11.5. The lowest BCUT2D eigenvalue weighted by Gasteiger charge is -2.21. The van der Waals surface area contributed by atoms with Gasteiger partial charge in [-0.1, -0.05) is 19.3 Å². The molecule has 1 rings (SSSR count). The molecule has 1 aliphatic rings. The summed E-state index contributed by atoms with van der Waals surface area (Å²) < 4.78 is 80.3. The number of halogens is 6. The average molecular weight is 317 g/mol. The number of ether oxygens (including phenoxy) is 1. The summed E-state index contributed by atoms with van der Waals surface area (Å²) in [6.07, 6.45) is -7.35. The topological polar surface area (TPSA) is 21.6 Å². The molecule has 0 N–H and O–H groups in total. The van der Waals surface area contributed by atoms with E-state index in [1.807, 2.05) is 0 Å². The number of allylic oxidation sites excluding steroid dienone is 1. The van der Waals surface area contributed by atoms with Crippen LogP contribution in [-0.2, 0) is 4.74 Å². The Morgan fingerprint density at radius 2 is 1.67 bits per heavy atom. The van der Waals surface area contributed by atoms with Gasteiger partial charge in [-0.3, -0.25) is 0 Å². The molecule has 0 heterocycles. The molecule has 0 spiro atoms. The molecule has 8 heteroatoms. The van der Waals surface area contributed by atoms with Gasteiger partial charge in [0.05, 0.1) is 12.6 Å². The van der Waals surface area contributed by atoms with Gasteiger partial charge in [-0.2, -0.15) is 26.3 Å². The largest absolute Gasteiger partial charge is 0.478 e. The second-order valence-electron chi connectivity index (χ2n) is 4.76. The molecule has 1 fully saturated rings. The normalized spacial score (nSPS) is 19.8. The molecule has 0 unspecified atom stereocenters. The monoisotopic (exact) mass is 317 g/mol. The van der Waals surface area contributed by atoms with Gasteiger partial charge in [0, 0.05) is 6.08 Å². The summed E-state index contributed by atoms with van der Waals surface area (Å²) in [6, 6.07) is -0.417. The summed E-state index contributed by atoms with van der Waals surface area (Å²) in [5.41, 5.74) is -1.87. The van der Waals surface area contributed by atoms with E-state index in [-0.39, 0.29) is 6.61 Å². The van der Waals surface area contributed by atoms with Crippen LogP contribution in [0.15, 0.2) is 16.6 Å². The van der Waals surface area contributed by atoms with Crippen molar-refractivity contribution in [3.8, 4) is 0 Å². The maximum atomic E-state index is 12.8. The zero-order valence-electron chi connectivity index (χ0n) is 11.5. The first-order valence-electron chi connectivity index (χ1n) is 6.71. The van der Waals surface area contributed by atoms with Crippen LogP contribution in [0.3, 0.4) is 0 Å². The first-order valence-corrected chi connectivity index (χ1v) is 6.71. The van der Waals surface area contributed by atoms with Crippen molar-refractivity contribution >= 4 is 5.90 Å². The van der Waals surface area contributed by atoms with Gasteiger partial charge in [0.2, 0.25) is 5.90 Å². The molecule has 0 aromatic rings. The molecular formula is C13H17F6NO. The van der Waals surface area contributed by atoms with E-state index in [0.29, 0.717) is 12.8 Å². The fourth-order valence-corrected chi connectivity index (χ4v) is 2.13. The fourth-order valence-electron chi connectivity index (χ4n) is 2.13. The Balaban J connectivity index is 3.13. The van der Waals surface area contributed by atoms with Crippen LogP contribution in [0.1, 0.15) is 39.0 Å². The van der Waals surface area contributed by atoms with Crippen molar-refractivity contribution in [2.24, 2.45) is 4.99 Å². The molecular weight excluding hydrogens is 300 g/mol. The van der Waals surface area contributed by atoms with Crippen molar-refractivity contribution in [3.63, 3.8) is 0 Å². The molecule has 1 saturated carbocycles. The summed E-state index contributed by atoms with van der Waals surface area (Å²) >= 11 is 0. The maximum absolute atomic E-state index is 12.8. The van der Waals surface area contributed by atoms with Crippen LogP contribution in [0.5, 0.6) is 0 Å². The van der Waals surface area contributed by atoms with Gasteiger partial charge >= 0.3 is 12.4 Å². The summed E-state index contributed by atoms with van der Waals surface area (Å²) in [5.74, 6) is -0.964. The highest BCUT2D eigenvalue weighted by atomic mass is 19.4. The van der Waals surface area contributed by atoms with Crippen LogP contribution in [0.2, 0.25) is 0 Å². The van der Waals surface area contributed by atoms with E-state index in [1.54, 1.807) is 0 Å². The van der Waals surface area contributed by atoms with Crippen molar-refractivity contribution in [2.75, 3.05) is 6.61 Å². The van der Waals surface area contributed by atoms with Crippen molar-refractivity contribution in [1.29, 1.82) is 0 Å². The standard InChI is InChI=1S/C13H17F6NO/c1-2-21-11(20-9-6-4-3-5-7-9)10(13(17,18)19)8-12(14,15)16/h8-9H,2-7H2,1H3/b10-8-,20-11?. The van der Waals surface area contributed by atoms with Crippen LogP contribution in [0, 0.1) is 0 Å². The number of hydrogen-bond acceptors (Lipinski definition) is 2. The summed E-state index contributed by atoms with van der Waals surface area (Å²) in [6.45, 7) is 1.22. The highest BCUT2D eigenvalue weighted by molar-refractivity contribution is 5.95. The Kier molecular flexibility index (Phi) is 6.10. The van der Waals surface area contributed by atoms with Crippen LogP contribution in [0.25, 0.3) is 0 Å². The lowest BCUT2D eigenvalue weighted by Crippen LogP contribution is -2.27. The minimum absolute atomic E-state index is 0.184. The highest BCUT2D eigenvalue weighted by Gasteiger charge is 2.42. The Labute approximate surface area is 118 Å². The first-order chi connectivity index (χ1) is 9.63. The van der Waals surface area contributed by atoms with Gasteiger partial charge in [-0.05, 0) is 19.8 Å². The van der Waals surface area contributed by atoms with Crippen molar-refractivity contribution < 1.29 is 31.1 Å². The smallest absolute Gasteiger partial charge is 0.421 e. The lowest BCUT2D eigenvalue weighted by atomic mass is 9.96. The molecule has 122 valence electrons. The third-order valence-electron chi connectivity index (χ3n) is 3.00.